The molecule has 0 aromatic rings. The van der Waals surface area contributed by atoms with Gasteiger partial charge < -0.3 is 10.2 Å². The molecule has 94 valence electrons. The lowest BCUT2D eigenvalue weighted by atomic mass is 9.78. The Morgan fingerprint density at radius 2 is 2.00 bits per heavy atom. The van der Waals surface area contributed by atoms with E-state index in [-0.39, 0.29) is 0 Å². The maximum Gasteiger partial charge on any atom is 0.0254 e. The first kappa shape index (κ1) is 12.3. The van der Waals surface area contributed by atoms with Gasteiger partial charge in [-0.1, -0.05) is 6.92 Å². The van der Waals surface area contributed by atoms with E-state index in [9.17, 15) is 0 Å². The van der Waals surface area contributed by atoms with Crippen molar-refractivity contribution >= 4 is 0 Å². The molecule has 0 aromatic heterocycles. The van der Waals surface area contributed by atoms with Crippen molar-refractivity contribution < 1.29 is 0 Å². The topological polar surface area (TPSA) is 18.5 Å². The third-order valence-corrected chi connectivity index (χ3v) is 4.58. The van der Waals surface area contributed by atoms with Crippen LogP contribution in [-0.4, -0.2) is 62.7 Å². The Bertz CT molecular complexity index is 229. The summed E-state index contributed by atoms with van der Waals surface area (Å²) in [7, 11) is 6.51. The van der Waals surface area contributed by atoms with Crippen molar-refractivity contribution in [1.29, 1.82) is 0 Å². The van der Waals surface area contributed by atoms with E-state index in [2.05, 4.69) is 43.2 Å². The summed E-state index contributed by atoms with van der Waals surface area (Å²) in [5.41, 5.74) is 0. The molecule has 1 N–H and O–H groups in total. The number of nitrogens with one attached hydrogen (secondary N) is 1. The van der Waals surface area contributed by atoms with Gasteiger partial charge in [0.15, 0.2) is 0 Å². The average molecular weight is 225 g/mol. The van der Waals surface area contributed by atoms with E-state index < -0.39 is 0 Å². The van der Waals surface area contributed by atoms with Crippen LogP contribution in [0.5, 0.6) is 0 Å². The molecule has 2 fully saturated rings. The monoisotopic (exact) mass is 225 g/mol. The van der Waals surface area contributed by atoms with Crippen molar-refractivity contribution in [3.8, 4) is 0 Å². The van der Waals surface area contributed by atoms with Crippen LogP contribution in [0.2, 0.25) is 0 Å². The normalized spacial score (nSPS) is 40.3. The fourth-order valence-electron chi connectivity index (χ4n) is 3.46. The molecule has 0 amide bonds. The summed E-state index contributed by atoms with van der Waals surface area (Å²) >= 11 is 0. The third-order valence-electron chi connectivity index (χ3n) is 4.58. The van der Waals surface area contributed by atoms with Crippen LogP contribution in [0.15, 0.2) is 0 Å². The van der Waals surface area contributed by atoms with Crippen LogP contribution >= 0.6 is 0 Å². The molecule has 3 nitrogen and oxygen atoms in total. The van der Waals surface area contributed by atoms with Crippen molar-refractivity contribution in [3.63, 3.8) is 0 Å². The fraction of sp³-hybridized carbons (Fsp3) is 1.00. The average Bonchev–Trinajstić information content (AvgIpc) is 2.55. The van der Waals surface area contributed by atoms with Gasteiger partial charge in [-0.2, -0.15) is 0 Å². The second-order valence-electron chi connectivity index (χ2n) is 5.92. The molecule has 16 heavy (non-hydrogen) atoms. The Morgan fingerprint density at radius 3 is 2.44 bits per heavy atom. The zero-order valence-corrected chi connectivity index (χ0v) is 11.2. The largest absolute Gasteiger partial charge is 0.319 e. The molecule has 4 unspecified atom stereocenters. The smallest absolute Gasteiger partial charge is 0.0254 e. The summed E-state index contributed by atoms with van der Waals surface area (Å²) in [5, 5.41) is 3.33. The fourth-order valence-corrected chi connectivity index (χ4v) is 3.46. The molecule has 0 radical (unpaired) electrons. The number of rotatable bonds is 4. The Balaban J connectivity index is 1.88. The maximum absolute atomic E-state index is 3.33. The second kappa shape index (κ2) is 5.03. The molecule has 4 atom stereocenters. The molecule has 0 bridgehead atoms. The first-order valence-electron chi connectivity index (χ1n) is 6.68. The van der Waals surface area contributed by atoms with Gasteiger partial charge in [0, 0.05) is 25.2 Å². The van der Waals surface area contributed by atoms with Crippen LogP contribution in [0, 0.1) is 11.8 Å². The van der Waals surface area contributed by atoms with Gasteiger partial charge in [0.1, 0.15) is 0 Å². The van der Waals surface area contributed by atoms with Crippen LogP contribution in [0.3, 0.4) is 0 Å². The molecule has 1 heterocycles. The van der Waals surface area contributed by atoms with Gasteiger partial charge >= 0.3 is 0 Å². The van der Waals surface area contributed by atoms with Gasteiger partial charge in [-0.05, 0) is 52.4 Å². The molecule has 0 spiro atoms. The molecule has 0 aromatic carbocycles. The second-order valence-corrected chi connectivity index (χ2v) is 5.92. The van der Waals surface area contributed by atoms with Gasteiger partial charge in [0.25, 0.3) is 0 Å². The summed E-state index contributed by atoms with van der Waals surface area (Å²) in [5.74, 6) is 1.73. The Labute approximate surface area is 100 Å². The number of hydrogen-bond donors (Lipinski definition) is 1. The van der Waals surface area contributed by atoms with Crippen LogP contribution in [0.1, 0.15) is 19.8 Å². The summed E-state index contributed by atoms with van der Waals surface area (Å²) in [4.78, 5) is 5.14. The van der Waals surface area contributed by atoms with Crippen LogP contribution < -0.4 is 5.32 Å². The Hall–Kier alpha value is -0.120. The number of nitrogens with zero attached hydrogens (tertiary/aromatic N) is 2. The number of likely N-dealkylation sites (tertiary alicyclic amines) is 1. The first-order chi connectivity index (χ1) is 7.63. The first-order valence-corrected chi connectivity index (χ1v) is 6.68. The van der Waals surface area contributed by atoms with Gasteiger partial charge in [-0.25, -0.2) is 0 Å². The van der Waals surface area contributed by atoms with Crippen molar-refractivity contribution in [2.45, 2.75) is 31.8 Å². The molecule has 1 saturated carbocycles. The Morgan fingerprint density at radius 1 is 1.25 bits per heavy atom. The van der Waals surface area contributed by atoms with Crippen molar-refractivity contribution in [2.75, 3.05) is 40.8 Å². The molecule has 2 rings (SSSR count). The zero-order valence-electron chi connectivity index (χ0n) is 11.2. The molecular formula is C13H27N3. The molecule has 2 aliphatic rings. The van der Waals surface area contributed by atoms with Crippen LogP contribution in [0.25, 0.3) is 0 Å². The lowest BCUT2D eigenvalue weighted by Crippen LogP contribution is -2.50. The molecule has 1 aliphatic heterocycles. The van der Waals surface area contributed by atoms with Gasteiger partial charge in [0.2, 0.25) is 0 Å². The summed E-state index contributed by atoms with van der Waals surface area (Å²) in [6, 6.07) is 1.62. The van der Waals surface area contributed by atoms with E-state index in [0.717, 1.165) is 23.9 Å². The minimum atomic E-state index is 0.760. The molecule has 1 aliphatic carbocycles. The van der Waals surface area contributed by atoms with Gasteiger partial charge in [-0.3, -0.25) is 4.90 Å². The van der Waals surface area contributed by atoms with Crippen molar-refractivity contribution in [1.82, 2.24) is 15.1 Å². The maximum atomic E-state index is 3.33. The van der Waals surface area contributed by atoms with E-state index in [1.807, 2.05) is 0 Å². The molecule has 1 saturated heterocycles. The highest BCUT2D eigenvalue weighted by Gasteiger charge is 2.41. The minimum absolute atomic E-state index is 0.760. The van der Waals surface area contributed by atoms with Gasteiger partial charge in [-0.15, -0.1) is 0 Å². The summed E-state index contributed by atoms with van der Waals surface area (Å²) < 4.78 is 0. The number of hydrogen-bond acceptors (Lipinski definition) is 3. The molecule has 3 heteroatoms. The molecular weight excluding hydrogens is 198 g/mol. The van der Waals surface area contributed by atoms with E-state index in [1.54, 1.807) is 0 Å². The SMILES string of the molecule is CNCC1CCC1N1CC(C)C(N(C)C)C1. The van der Waals surface area contributed by atoms with Crippen LogP contribution in [-0.2, 0) is 0 Å². The highest BCUT2D eigenvalue weighted by atomic mass is 15.3. The lowest BCUT2D eigenvalue weighted by molar-refractivity contribution is 0.0769. The lowest BCUT2D eigenvalue weighted by Gasteiger charge is -2.43. The summed E-state index contributed by atoms with van der Waals surface area (Å²) in [6.07, 6.45) is 2.84. The minimum Gasteiger partial charge on any atom is -0.319 e. The van der Waals surface area contributed by atoms with E-state index in [4.69, 9.17) is 0 Å². The van der Waals surface area contributed by atoms with E-state index >= 15 is 0 Å². The third kappa shape index (κ3) is 2.27. The predicted octanol–water partition coefficient (Wildman–Crippen LogP) is 0.866. The van der Waals surface area contributed by atoms with Crippen LogP contribution in [0.4, 0.5) is 0 Å². The standard InChI is InChI=1S/C13H27N3/c1-10-8-16(9-13(10)15(3)4)12-6-5-11(12)7-14-2/h10-14H,5-9H2,1-4H3. The van der Waals surface area contributed by atoms with Crippen molar-refractivity contribution in [3.05, 3.63) is 0 Å². The van der Waals surface area contributed by atoms with E-state index in [0.29, 0.717) is 0 Å². The highest BCUT2D eigenvalue weighted by molar-refractivity contribution is 4.96. The van der Waals surface area contributed by atoms with Gasteiger partial charge in [0.05, 0.1) is 0 Å². The quantitative estimate of drug-likeness (QED) is 0.766. The summed E-state index contributed by atoms with van der Waals surface area (Å²) in [6.45, 7) is 6.17. The number of likely N-dealkylation sites (N-methyl/N-ethyl adjacent to an activating group) is 1. The van der Waals surface area contributed by atoms with Crippen molar-refractivity contribution in [2.24, 2.45) is 11.8 Å². The Kier molecular flexibility index (Phi) is 3.88. The predicted molar refractivity (Wildman–Crippen MR) is 68.7 cm³/mol. The highest BCUT2D eigenvalue weighted by Crippen LogP contribution is 2.35. The van der Waals surface area contributed by atoms with E-state index in [1.165, 1.54) is 32.5 Å². The zero-order chi connectivity index (χ0) is 11.7.